The number of sulfonamides is 1. The normalized spacial score (nSPS) is 11.4. The van der Waals surface area contributed by atoms with Crippen LogP contribution in [0, 0.1) is 0 Å². The van der Waals surface area contributed by atoms with Gasteiger partial charge in [0.05, 0.1) is 11.4 Å². The highest BCUT2D eigenvalue weighted by atomic mass is 32.2. The lowest BCUT2D eigenvalue weighted by atomic mass is 10.2. The summed E-state index contributed by atoms with van der Waals surface area (Å²) in [6.45, 7) is 4.93. The Labute approximate surface area is 143 Å². The Bertz CT molecular complexity index is 680. The third-order valence-electron chi connectivity index (χ3n) is 3.72. The molecular formula is C16H25N3O4S. The minimum absolute atomic E-state index is 0.0156. The Balaban J connectivity index is 2.87. The summed E-state index contributed by atoms with van der Waals surface area (Å²) in [6.07, 6.45) is 0. The van der Waals surface area contributed by atoms with Crippen molar-refractivity contribution in [3.8, 4) is 0 Å². The fourth-order valence-electron chi connectivity index (χ4n) is 2.15. The fourth-order valence-corrected chi connectivity index (χ4v) is 3.05. The molecule has 0 aliphatic heterocycles. The number of amides is 2. The van der Waals surface area contributed by atoms with E-state index in [1.165, 1.54) is 43.3 Å². The molecule has 0 unspecified atom stereocenters. The molecule has 0 heterocycles. The smallest absolute Gasteiger partial charge is 0.254 e. The van der Waals surface area contributed by atoms with Crippen molar-refractivity contribution >= 4 is 21.8 Å². The summed E-state index contributed by atoms with van der Waals surface area (Å²) in [5, 5.41) is 0. The van der Waals surface area contributed by atoms with Crippen LogP contribution >= 0.6 is 0 Å². The van der Waals surface area contributed by atoms with Crippen molar-refractivity contribution in [3.63, 3.8) is 0 Å². The van der Waals surface area contributed by atoms with E-state index in [2.05, 4.69) is 0 Å². The Morgan fingerprint density at radius 2 is 1.46 bits per heavy atom. The van der Waals surface area contributed by atoms with Gasteiger partial charge in [0.2, 0.25) is 15.9 Å². The van der Waals surface area contributed by atoms with Gasteiger partial charge >= 0.3 is 0 Å². The van der Waals surface area contributed by atoms with Crippen molar-refractivity contribution in [2.45, 2.75) is 18.7 Å². The number of likely N-dealkylation sites (N-methyl/N-ethyl adjacent to an activating group) is 2. The predicted octanol–water partition coefficient (Wildman–Crippen LogP) is 0.877. The number of nitrogens with zero attached hydrogens (tertiary/aromatic N) is 3. The molecule has 0 atom stereocenters. The molecule has 0 fully saturated rings. The van der Waals surface area contributed by atoms with Crippen molar-refractivity contribution < 1.29 is 18.0 Å². The molecule has 7 nitrogen and oxygen atoms in total. The van der Waals surface area contributed by atoms with E-state index in [-0.39, 0.29) is 23.3 Å². The number of carbonyl (C=O) groups is 2. The Morgan fingerprint density at radius 3 is 1.88 bits per heavy atom. The minimum Gasteiger partial charge on any atom is -0.342 e. The van der Waals surface area contributed by atoms with Crippen molar-refractivity contribution in [3.05, 3.63) is 29.8 Å². The molecular weight excluding hydrogens is 330 g/mol. The average molecular weight is 355 g/mol. The first-order valence-corrected chi connectivity index (χ1v) is 9.15. The summed E-state index contributed by atoms with van der Waals surface area (Å²) < 4.78 is 25.1. The van der Waals surface area contributed by atoms with Crippen LogP contribution in [0.3, 0.4) is 0 Å². The monoisotopic (exact) mass is 355 g/mol. The van der Waals surface area contributed by atoms with E-state index in [0.717, 1.165) is 4.31 Å². The quantitative estimate of drug-likeness (QED) is 0.727. The molecule has 24 heavy (non-hydrogen) atoms. The van der Waals surface area contributed by atoms with E-state index in [9.17, 15) is 18.0 Å². The van der Waals surface area contributed by atoms with Crippen molar-refractivity contribution in [1.82, 2.24) is 14.1 Å². The van der Waals surface area contributed by atoms with Crippen LogP contribution in [0.2, 0.25) is 0 Å². The second-order valence-electron chi connectivity index (χ2n) is 5.54. The topological polar surface area (TPSA) is 78.0 Å². The lowest BCUT2D eigenvalue weighted by Crippen LogP contribution is -2.41. The summed E-state index contributed by atoms with van der Waals surface area (Å²) in [7, 11) is 0.912. The molecule has 0 aliphatic rings. The summed E-state index contributed by atoms with van der Waals surface area (Å²) >= 11 is 0. The zero-order valence-corrected chi connectivity index (χ0v) is 15.6. The average Bonchev–Trinajstić information content (AvgIpc) is 2.55. The maximum absolute atomic E-state index is 12.4. The molecule has 0 saturated heterocycles. The van der Waals surface area contributed by atoms with Crippen LogP contribution in [0.15, 0.2) is 29.2 Å². The van der Waals surface area contributed by atoms with Gasteiger partial charge in [0.25, 0.3) is 5.91 Å². The van der Waals surface area contributed by atoms with E-state index in [0.29, 0.717) is 18.7 Å². The number of rotatable bonds is 7. The zero-order chi connectivity index (χ0) is 18.5. The maximum atomic E-state index is 12.4. The van der Waals surface area contributed by atoms with Crippen LogP contribution in [-0.2, 0) is 14.8 Å². The molecule has 0 aliphatic carbocycles. The Hall–Kier alpha value is -1.93. The van der Waals surface area contributed by atoms with Crippen LogP contribution in [0.4, 0.5) is 0 Å². The summed E-state index contributed by atoms with van der Waals surface area (Å²) in [6, 6.07) is 5.69. The van der Waals surface area contributed by atoms with Gasteiger partial charge < -0.3 is 9.80 Å². The van der Waals surface area contributed by atoms with Gasteiger partial charge in [0.15, 0.2) is 0 Å². The van der Waals surface area contributed by atoms with Gasteiger partial charge in [0.1, 0.15) is 0 Å². The fraction of sp³-hybridized carbons (Fsp3) is 0.500. The maximum Gasteiger partial charge on any atom is 0.254 e. The highest BCUT2D eigenvalue weighted by Gasteiger charge is 2.20. The van der Waals surface area contributed by atoms with E-state index in [4.69, 9.17) is 0 Å². The first-order chi connectivity index (χ1) is 11.1. The Morgan fingerprint density at radius 1 is 0.958 bits per heavy atom. The lowest BCUT2D eigenvalue weighted by molar-refractivity contribution is -0.131. The molecule has 0 radical (unpaired) electrons. The van der Waals surface area contributed by atoms with E-state index < -0.39 is 10.0 Å². The minimum atomic E-state index is -3.53. The summed E-state index contributed by atoms with van der Waals surface area (Å²) in [5.41, 5.74) is 0.336. The van der Waals surface area contributed by atoms with Crippen molar-refractivity contribution in [1.29, 1.82) is 0 Å². The van der Waals surface area contributed by atoms with Crippen molar-refractivity contribution in [2.24, 2.45) is 0 Å². The molecule has 1 aromatic carbocycles. The van der Waals surface area contributed by atoms with E-state index >= 15 is 0 Å². The molecule has 1 aromatic rings. The summed E-state index contributed by atoms with van der Waals surface area (Å²) in [5.74, 6) is -0.452. The first kappa shape index (κ1) is 20.1. The largest absolute Gasteiger partial charge is 0.342 e. The first-order valence-electron chi connectivity index (χ1n) is 7.70. The van der Waals surface area contributed by atoms with Gasteiger partial charge in [-0.3, -0.25) is 9.59 Å². The summed E-state index contributed by atoms with van der Waals surface area (Å²) in [4.78, 5) is 27.5. The second kappa shape index (κ2) is 8.25. The van der Waals surface area contributed by atoms with Gasteiger partial charge in [-0.25, -0.2) is 12.7 Å². The van der Waals surface area contributed by atoms with Gasteiger partial charge in [-0.2, -0.15) is 0 Å². The van der Waals surface area contributed by atoms with Crippen LogP contribution in [-0.4, -0.2) is 75.1 Å². The molecule has 1 rings (SSSR count). The molecule has 2 amide bonds. The number of benzene rings is 1. The van der Waals surface area contributed by atoms with E-state index in [1.807, 2.05) is 13.8 Å². The van der Waals surface area contributed by atoms with Gasteiger partial charge in [-0.15, -0.1) is 0 Å². The highest BCUT2D eigenvalue weighted by Crippen LogP contribution is 2.15. The molecule has 134 valence electrons. The van der Waals surface area contributed by atoms with Gasteiger partial charge in [-0.05, 0) is 38.1 Å². The standard InChI is InChI=1S/C16H25N3O4S/c1-6-19(7-2)15(20)12-18(5)16(21)13-8-10-14(11-9-13)24(22,23)17(3)4/h8-11H,6-7,12H2,1-5H3. The van der Waals surface area contributed by atoms with Crippen LogP contribution in [0.5, 0.6) is 0 Å². The number of carbonyl (C=O) groups excluding carboxylic acids is 2. The van der Waals surface area contributed by atoms with Gasteiger partial charge in [-0.1, -0.05) is 0 Å². The molecule has 0 bridgehead atoms. The molecule has 0 saturated carbocycles. The molecule has 0 spiro atoms. The number of hydrogen-bond acceptors (Lipinski definition) is 4. The highest BCUT2D eigenvalue weighted by molar-refractivity contribution is 7.89. The predicted molar refractivity (Wildman–Crippen MR) is 92.2 cm³/mol. The van der Waals surface area contributed by atoms with Crippen LogP contribution < -0.4 is 0 Å². The molecule has 0 N–H and O–H groups in total. The van der Waals surface area contributed by atoms with Gasteiger partial charge in [0, 0.05) is 39.8 Å². The SMILES string of the molecule is CCN(CC)C(=O)CN(C)C(=O)c1ccc(S(=O)(=O)N(C)C)cc1. The van der Waals surface area contributed by atoms with E-state index in [1.54, 1.807) is 11.9 Å². The third kappa shape index (κ3) is 4.55. The van der Waals surface area contributed by atoms with Crippen LogP contribution in [0.1, 0.15) is 24.2 Å². The molecule has 8 heteroatoms. The third-order valence-corrected chi connectivity index (χ3v) is 5.54. The van der Waals surface area contributed by atoms with Crippen LogP contribution in [0.25, 0.3) is 0 Å². The number of hydrogen-bond donors (Lipinski definition) is 0. The van der Waals surface area contributed by atoms with Crippen molar-refractivity contribution in [2.75, 3.05) is 40.8 Å². The lowest BCUT2D eigenvalue weighted by Gasteiger charge is -2.23. The zero-order valence-electron chi connectivity index (χ0n) is 14.8. The second-order valence-corrected chi connectivity index (χ2v) is 7.69. The Kier molecular flexibility index (Phi) is 6.92. The molecule has 0 aromatic heterocycles.